The number of anilines is 2. The summed E-state index contributed by atoms with van der Waals surface area (Å²) in [5.74, 6) is -0.0732. The second kappa shape index (κ2) is 9.60. The Morgan fingerprint density at radius 1 is 1.32 bits per heavy atom. The van der Waals surface area contributed by atoms with Crippen LogP contribution in [0.1, 0.15) is 63.4 Å². The summed E-state index contributed by atoms with van der Waals surface area (Å²) in [7, 11) is 0. The summed E-state index contributed by atoms with van der Waals surface area (Å²) in [6, 6.07) is 2.29. The molecule has 0 aliphatic heterocycles. The van der Waals surface area contributed by atoms with Crippen molar-refractivity contribution < 1.29 is 22.7 Å². The minimum atomic E-state index is -4.21. The van der Waals surface area contributed by atoms with Gasteiger partial charge in [-0.2, -0.15) is 23.5 Å². The van der Waals surface area contributed by atoms with Crippen molar-refractivity contribution in [2.75, 3.05) is 11.9 Å². The van der Waals surface area contributed by atoms with Crippen LogP contribution in [0, 0.1) is 23.2 Å². The predicted molar refractivity (Wildman–Crippen MR) is 116 cm³/mol. The molecule has 2 aliphatic carbocycles. The van der Waals surface area contributed by atoms with E-state index < -0.39 is 30.0 Å². The molecule has 0 saturated heterocycles. The number of esters is 1. The lowest BCUT2D eigenvalue weighted by Crippen LogP contribution is -2.27. The van der Waals surface area contributed by atoms with Gasteiger partial charge in [-0.3, -0.25) is 9.48 Å². The lowest BCUT2D eigenvalue weighted by atomic mass is 9.72. The van der Waals surface area contributed by atoms with Crippen molar-refractivity contribution >= 4 is 17.6 Å². The van der Waals surface area contributed by atoms with Crippen molar-refractivity contribution in [3.8, 4) is 6.07 Å². The van der Waals surface area contributed by atoms with Crippen LogP contribution in [0.3, 0.4) is 0 Å². The molecule has 1 atom stereocenters. The topological polar surface area (TPSA) is 106 Å². The summed E-state index contributed by atoms with van der Waals surface area (Å²) in [4.78, 5) is 20.5. The number of carbonyl (C=O) groups excluding carboxylic acids is 1. The van der Waals surface area contributed by atoms with E-state index in [1.807, 2.05) is 0 Å². The first kappa shape index (κ1) is 24.0. The molecule has 34 heavy (non-hydrogen) atoms. The fraction of sp³-hybridized carbons (Fsp3) is 0.609. The summed E-state index contributed by atoms with van der Waals surface area (Å²) < 4.78 is 44.0. The third-order valence-corrected chi connectivity index (χ3v) is 6.49. The van der Waals surface area contributed by atoms with E-state index in [4.69, 9.17) is 4.74 Å². The number of hydrogen-bond acceptors (Lipinski definition) is 7. The van der Waals surface area contributed by atoms with Crippen LogP contribution in [-0.4, -0.2) is 38.5 Å². The second-order valence-electron chi connectivity index (χ2n) is 9.46. The van der Waals surface area contributed by atoms with Crippen LogP contribution in [0.5, 0.6) is 0 Å². The van der Waals surface area contributed by atoms with Gasteiger partial charge in [-0.15, -0.1) is 0 Å². The van der Waals surface area contributed by atoms with Crippen LogP contribution in [0.15, 0.2) is 24.8 Å². The molecule has 2 heterocycles. The Morgan fingerprint density at radius 2 is 2.03 bits per heavy atom. The largest absolute Gasteiger partial charge is 0.465 e. The number of nitrogens with zero attached hydrogens (tertiary/aromatic N) is 5. The van der Waals surface area contributed by atoms with Gasteiger partial charge < -0.3 is 10.1 Å². The molecule has 2 aliphatic rings. The molecule has 2 saturated carbocycles. The molecule has 0 spiro atoms. The third-order valence-electron chi connectivity index (χ3n) is 6.49. The van der Waals surface area contributed by atoms with Crippen LogP contribution in [-0.2, 0) is 15.1 Å². The number of halogens is 3. The van der Waals surface area contributed by atoms with E-state index in [0.717, 1.165) is 31.2 Å². The fourth-order valence-electron chi connectivity index (χ4n) is 4.16. The minimum Gasteiger partial charge on any atom is -0.465 e. The molecule has 11 heteroatoms. The molecule has 2 fully saturated rings. The lowest BCUT2D eigenvalue weighted by Gasteiger charge is -2.34. The Labute approximate surface area is 195 Å². The number of carbonyl (C=O) groups is 1. The van der Waals surface area contributed by atoms with Gasteiger partial charge in [0.2, 0.25) is 5.95 Å². The molecule has 0 unspecified atom stereocenters. The van der Waals surface area contributed by atoms with Gasteiger partial charge in [0.1, 0.15) is 5.54 Å². The molecular weight excluding hydrogens is 449 g/mol. The van der Waals surface area contributed by atoms with Gasteiger partial charge in [0.25, 0.3) is 0 Å². The smallest absolute Gasteiger partial charge is 0.389 e. The van der Waals surface area contributed by atoms with E-state index in [1.165, 1.54) is 6.92 Å². The minimum absolute atomic E-state index is 0.00605. The average molecular weight is 477 g/mol. The lowest BCUT2D eigenvalue weighted by molar-refractivity contribution is -0.150. The standard InChI is InChI=1S/C23H27F3N6O2/c1-15(8-23(24,25)26)2-3-20(33)34-13-16-6-17(7-16)18-9-28-21(29-10-18)31-19-11-30-32(12-19)22(14-27)4-5-22/h9-12,15-17H,2-8,13H2,1H3,(H,28,29,31)/t15-,16?,17?/m1/s1. The molecule has 8 nitrogen and oxygen atoms in total. The zero-order valence-electron chi connectivity index (χ0n) is 18.9. The molecule has 2 aromatic rings. The number of rotatable bonds is 10. The monoisotopic (exact) mass is 476 g/mol. The molecule has 2 aromatic heterocycles. The highest BCUT2D eigenvalue weighted by Crippen LogP contribution is 2.43. The van der Waals surface area contributed by atoms with Gasteiger partial charge in [0.05, 0.1) is 30.8 Å². The Balaban J connectivity index is 1.15. The Kier molecular flexibility index (Phi) is 6.77. The Morgan fingerprint density at radius 3 is 2.65 bits per heavy atom. The zero-order chi connectivity index (χ0) is 24.3. The van der Waals surface area contributed by atoms with Gasteiger partial charge >= 0.3 is 12.1 Å². The summed E-state index contributed by atoms with van der Waals surface area (Å²) >= 11 is 0. The Bertz CT molecular complexity index is 1040. The molecule has 0 radical (unpaired) electrons. The van der Waals surface area contributed by atoms with Crippen molar-refractivity contribution in [1.82, 2.24) is 19.7 Å². The maximum Gasteiger partial charge on any atom is 0.389 e. The van der Waals surface area contributed by atoms with Gasteiger partial charge in [-0.05, 0) is 55.4 Å². The van der Waals surface area contributed by atoms with Crippen molar-refractivity contribution in [2.45, 2.75) is 69.5 Å². The fourth-order valence-corrected chi connectivity index (χ4v) is 4.16. The molecule has 0 amide bonds. The number of nitriles is 1. The van der Waals surface area contributed by atoms with Crippen molar-refractivity contribution in [2.24, 2.45) is 11.8 Å². The molecule has 0 bridgehead atoms. The number of alkyl halides is 3. The van der Waals surface area contributed by atoms with Crippen LogP contribution >= 0.6 is 0 Å². The van der Waals surface area contributed by atoms with Gasteiger partial charge in [0, 0.05) is 25.2 Å². The molecule has 1 N–H and O–H groups in total. The number of aromatic nitrogens is 4. The Hall–Kier alpha value is -3.16. The zero-order valence-corrected chi connectivity index (χ0v) is 18.9. The first-order valence-electron chi connectivity index (χ1n) is 11.4. The average Bonchev–Trinajstić information content (AvgIpc) is 3.42. The summed E-state index contributed by atoms with van der Waals surface area (Å²) in [6.07, 6.45) is 5.35. The van der Waals surface area contributed by atoms with Crippen molar-refractivity contribution in [3.63, 3.8) is 0 Å². The van der Waals surface area contributed by atoms with Crippen LogP contribution in [0.2, 0.25) is 0 Å². The van der Waals surface area contributed by atoms with E-state index in [-0.39, 0.29) is 31.3 Å². The highest BCUT2D eigenvalue weighted by atomic mass is 19.4. The summed E-state index contributed by atoms with van der Waals surface area (Å²) in [5, 5.41) is 16.6. The van der Waals surface area contributed by atoms with E-state index >= 15 is 0 Å². The van der Waals surface area contributed by atoms with Gasteiger partial charge in [-0.1, -0.05) is 6.92 Å². The summed E-state index contributed by atoms with van der Waals surface area (Å²) in [6.45, 7) is 1.78. The van der Waals surface area contributed by atoms with Gasteiger partial charge in [0.15, 0.2) is 0 Å². The molecular formula is C23H27F3N6O2. The highest BCUT2D eigenvalue weighted by molar-refractivity contribution is 5.69. The second-order valence-corrected chi connectivity index (χ2v) is 9.46. The predicted octanol–water partition coefficient (Wildman–Crippen LogP) is 4.83. The van der Waals surface area contributed by atoms with Crippen molar-refractivity contribution in [1.29, 1.82) is 5.26 Å². The quantitative estimate of drug-likeness (QED) is 0.489. The first-order chi connectivity index (χ1) is 16.2. The van der Waals surface area contributed by atoms with Gasteiger partial charge in [-0.25, -0.2) is 9.97 Å². The maximum atomic E-state index is 12.3. The first-order valence-corrected chi connectivity index (χ1v) is 11.4. The maximum absolute atomic E-state index is 12.3. The van der Waals surface area contributed by atoms with Crippen LogP contribution in [0.25, 0.3) is 0 Å². The van der Waals surface area contributed by atoms with E-state index in [2.05, 4.69) is 26.5 Å². The van der Waals surface area contributed by atoms with E-state index in [1.54, 1.807) is 29.5 Å². The third kappa shape index (κ3) is 6.04. The molecule has 0 aromatic carbocycles. The summed E-state index contributed by atoms with van der Waals surface area (Å²) in [5.41, 5.74) is 1.21. The highest BCUT2D eigenvalue weighted by Gasteiger charge is 2.46. The normalized spacial score (nSPS) is 21.7. The van der Waals surface area contributed by atoms with Crippen LogP contribution in [0.4, 0.5) is 24.8 Å². The number of nitrogens with one attached hydrogen (secondary N) is 1. The number of hydrogen-bond donors (Lipinski definition) is 1. The SMILES string of the molecule is C[C@H](CCC(=O)OCC1CC(c2cnc(Nc3cnn(C4(C#N)CC4)c3)nc2)C1)CC(F)(F)F. The van der Waals surface area contributed by atoms with E-state index in [9.17, 15) is 23.2 Å². The van der Waals surface area contributed by atoms with Crippen LogP contribution < -0.4 is 5.32 Å². The molecule has 4 rings (SSSR count). The van der Waals surface area contributed by atoms with Crippen molar-refractivity contribution in [3.05, 3.63) is 30.4 Å². The number of ether oxygens (including phenoxy) is 1. The van der Waals surface area contributed by atoms with E-state index in [0.29, 0.717) is 11.6 Å². The molecule has 182 valence electrons.